The van der Waals surface area contributed by atoms with Crippen molar-refractivity contribution in [3.63, 3.8) is 0 Å². The fourth-order valence-corrected chi connectivity index (χ4v) is 5.91. The molecule has 0 saturated heterocycles. The third-order valence-corrected chi connectivity index (χ3v) is 8.40. The van der Waals surface area contributed by atoms with Gasteiger partial charge in [0.2, 0.25) is 5.88 Å². The van der Waals surface area contributed by atoms with Crippen molar-refractivity contribution in [3.05, 3.63) is 92.3 Å². The molecule has 0 spiro atoms. The number of rotatable bonds is 9. The molecule has 5 rings (SSSR count). The number of methoxy groups -OCH3 is 1. The van der Waals surface area contributed by atoms with Crippen molar-refractivity contribution in [1.29, 1.82) is 0 Å². The zero-order valence-electron chi connectivity index (χ0n) is 23.4. The molecule has 10 nitrogen and oxygen atoms in total. The number of anilines is 1. The SMILES string of the molecule is COc1nc(-c2cccc(-c3cccc(NC(=O)c4ccnn(C)c4=O)c3Cl)c2Cl)ccc1CN[C@H]1CCC[C@H]1C(=O)O. The van der Waals surface area contributed by atoms with Crippen molar-refractivity contribution >= 4 is 40.8 Å². The first-order valence-electron chi connectivity index (χ1n) is 13.6. The Morgan fingerprint density at radius 2 is 1.74 bits per heavy atom. The van der Waals surface area contributed by atoms with E-state index in [0.717, 1.165) is 23.1 Å². The second-order valence-corrected chi connectivity index (χ2v) is 10.9. The molecule has 0 aliphatic heterocycles. The van der Waals surface area contributed by atoms with Crippen LogP contribution in [0.25, 0.3) is 22.4 Å². The number of aryl methyl sites for hydroxylation is 1. The van der Waals surface area contributed by atoms with Crippen molar-refractivity contribution in [3.8, 4) is 28.3 Å². The van der Waals surface area contributed by atoms with Crippen LogP contribution in [0.4, 0.5) is 5.69 Å². The number of aliphatic carboxylic acids is 1. The Morgan fingerprint density at radius 1 is 1.02 bits per heavy atom. The number of amides is 1. The van der Waals surface area contributed by atoms with Crippen LogP contribution in [0.5, 0.6) is 5.88 Å². The highest BCUT2D eigenvalue weighted by molar-refractivity contribution is 6.39. The van der Waals surface area contributed by atoms with Crippen LogP contribution in [-0.2, 0) is 18.4 Å². The molecule has 43 heavy (non-hydrogen) atoms. The highest BCUT2D eigenvalue weighted by Crippen LogP contribution is 2.41. The first-order chi connectivity index (χ1) is 20.7. The second-order valence-electron chi connectivity index (χ2n) is 10.2. The number of benzene rings is 2. The monoisotopic (exact) mass is 621 g/mol. The van der Waals surface area contributed by atoms with E-state index in [9.17, 15) is 19.5 Å². The Kier molecular flexibility index (Phi) is 9.10. The first kappa shape index (κ1) is 30.2. The smallest absolute Gasteiger partial charge is 0.308 e. The van der Waals surface area contributed by atoms with Gasteiger partial charge in [-0.15, -0.1) is 0 Å². The van der Waals surface area contributed by atoms with Gasteiger partial charge in [0.05, 0.1) is 34.5 Å². The number of nitrogens with zero attached hydrogens (tertiary/aromatic N) is 3. The summed E-state index contributed by atoms with van der Waals surface area (Å²) in [4.78, 5) is 41.4. The van der Waals surface area contributed by atoms with Gasteiger partial charge in [-0.3, -0.25) is 14.4 Å². The quantitative estimate of drug-likeness (QED) is 0.225. The summed E-state index contributed by atoms with van der Waals surface area (Å²) in [5.41, 5.74) is 2.92. The molecule has 3 N–H and O–H groups in total. The summed E-state index contributed by atoms with van der Waals surface area (Å²) in [6.45, 7) is 0.415. The topological polar surface area (TPSA) is 135 Å². The maximum atomic E-state index is 12.9. The summed E-state index contributed by atoms with van der Waals surface area (Å²) in [6.07, 6.45) is 3.72. The van der Waals surface area contributed by atoms with Gasteiger partial charge in [-0.25, -0.2) is 9.67 Å². The number of aromatic nitrogens is 3. The number of carbonyl (C=O) groups excluding carboxylic acids is 1. The molecule has 0 unspecified atom stereocenters. The van der Waals surface area contributed by atoms with Gasteiger partial charge < -0.3 is 20.5 Å². The average Bonchev–Trinajstić information content (AvgIpc) is 3.48. The van der Waals surface area contributed by atoms with E-state index in [1.165, 1.54) is 26.4 Å². The van der Waals surface area contributed by atoms with E-state index in [1.54, 1.807) is 18.2 Å². The van der Waals surface area contributed by atoms with Crippen LogP contribution >= 0.6 is 23.2 Å². The number of carbonyl (C=O) groups is 2. The molecule has 1 aliphatic carbocycles. The van der Waals surface area contributed by atoms with Crippen molar-refractivity contribution in [2.75, 3.05) is 12.4 Å². The summed E-state index contributed by atoms with van der Waals surface area (Å²) < 4.78 is 6.65. The fourth-order valence-electron chi connectivity index (χ4n) is 5.31. The van der Waals surface area contributed by atoms with Gasteiger partial charge >= 0.3 is 5.97 Å². The average molecular weight is 623 g/mol. The predicted molar refractivity (Wildman–Crippen MR) is 165 cm³/mol. The normalized spacial score (nSPS) is 16.2. The zero-order valence-corrected chi connectivity index (χ0v) is 24.9. The third-order valence-electron chi connectivity index (χ3n) is 7.58. The number of ether oxygens (including phenoxy) is 1. The van der Waals surface area contributed by atoms with Crippen molar-refractivity contribution in [2.24, 2.45) is 13.0 Å². The Hall–Kier alpha value is -4.25. The molecule has 2 atom stereocenters. The minimum atomic E-state index is -0.780. The van der Waals surface area contributed by atoms with Crippen LogP contribution in [0.2, 0.25) is 10.0 Å². The molecule has 0 radical (unpaired) electrons. The van der Waals surface area contributed by atoms with Crippen molar-refractivity contribution in [1.82, 2.24) is 20.1 Å². The van der Waals surface area contributed by atoms with Crippen LogP contribution in [0.15, 0.2) is 65.6 Å². The van der Waals surface area contributed by atoms with E-state index in [1.807, 2.05) is 30.3 Å². The first-order valence-corrected chi connectivity index (χ1v) is 14.4. The molecule has 2 aromatic carbocycles. The summed E-state index contributed by atoms with van der Waals surface area (Å²) in [7, 11) is 2.99. The Labute approximate surface area is 257 Å². The van der Waals surface area contributed by atoms with E-state index in [0.29, 0.717) is 51.9 Å². The van der Waals surface area contributed by atoms with Gasteiger partial charge in [-0.05, 0) is 31.0 Å². The van der Waals surface area contributed by atoms with Gasteiger partial charge in [0.15, 0.2) is 0 Å². The molecule has 1 saturated carbocycles. The lowest BCUT2D eigenvalue weighted by Gasteiger charge is -2.19. The highest BCUT2D eigenvalue weighted by Gasteiger charge is 2.32. The zero-order chi connectivity index (χ0) is 30.7. The van der Waals surface area contributed by atoms with Gasteiger partial charge in [-0.2, -0.15) is 5.10 Å². The minimum absolute atomic E-state index is 0.0670. The molecule has 0 bridgehead atoms. The Bertz CT molecular complexity index is 1760. The molecule has 222 valence electrons. The molecule has 1 aliphatic rings. The second kappa shape index (κ2) is 12.9. The number of hydrogen-bond acceptors (Lipinski definition) is 7. The van der Waals surface area contributed by atoms with E-state index >= 15 is 0 Å². The van der Waals surface area contributed by atoms with Crippen LogP contribution < -0.4 is 20.9 Å². The van der Waals surface area contributed by atoms with Gasteiger partial charge in [0.1, 0.15) is 5.56 Å². The lowest BCUT2D eigenvalue weighted by atomic mass is 10.00. The predicted octanol–water partition coefficient (Wildman–Crippen LogP) is 5.42. The van der Waals surface area contributed by atoms with E-state index in [-0.39, 0.29) is 16.6 Å². The number of hydrogen-bond donors (Lipinski definition) is 3. The number of halogens is 2. The molecular weight excluding hydrogens is 593 g/mol. The highest BCUT2D eigenvalue weighted by atomic mass is 35.5. The molecule has 1 amide bonds. The van der Waals surface area contributed by atoms with Gasteiger partial charge in [-0.1, -0.05) is 66.0 Å². The fraction of sp³-hybridized carbons (Fsp3) is 0.258. The van der Waals surface area contributed by atoms with Crippen LogP contribution in [0.1, 0.15) is 35.2 Å². The Morgan fingerprint density at radius 3 is 2.49 bits per heavy atom. The van der Waals surface area contributed by atoms with Gasteiger partial charge in [0.25, 0.3) is 11.5 Å². The van der Waals surface area contributed by atoms with Crippen molar-refractivity contribution in [2.45, 2.75) is 31.8 Å². The van der Waals surface area contributed by atoms with Crippen molar-refractivity contribution < 1.29 is 19.4 Å². The molecular formula is C31H29Cl2N5O5. The number of nitrogens with one attached hydrogen (secondary N) is 2. The molecule has 12 heteroatoms. The summed E-state index contributed by atoms with van der Waals surface area (Å²) in [5, 5.41) is 20.0. The molecule has 1 fully saturated rings. The molecule has 4 aromatic rings. The Balaban J connectivity index is 1.41. The standard InChI is InChI=1S/C31H29Cl2N5O5/c1-38-30(40)22(14-15-35-38)28(39)36-25-11-4-7-19(27(25)33)18-6-3-8-20(26(18)32)24-13-12-17(29(37-24)43-2)16-34-23-10-5-9-21(23)31(41)42/h3-4,6-8,11-15,21,23,34H,5,9-10,16H2,1-2H3,(H,36,39)(H,41,42)/t21-,23+/m1/s1. The molecule has 2 heterocycles. The van der Waals surface area contributed by atoms with E-state index < -0.39 is 23.4 Å². The maximum absolute atomic E-state index is 12.9. The summed E-state index contributed by atoms with van der Waals surface area (Å²) >= 11 is 13.7. The third kappa shape index (κ3) is 6.27. The summed E-state index contributed by atoms with van der Waals surface area (Å²) in [5.74, 6) is -1.39. The van der Waals surface area contributed by atoms with Gasteiger partial charge in [0, 0.05) is 48.1 Å². The number of carboxylic acids is 1. The lowest BCUT2D eigenvalue weighted by molar-refractivity contribution is -0.142. The lowest BCUT2D eigenvalue weighted by Crippen LogP contribution is -2.35. The number of carboxylic acid groups (broad SMARTS) is 1. The summed E-state index contributed by atoms with van der Waals surface area (Å²) in [6, 6.07) is 15.6. The number of pyridine rings is 1. The van der Waals surface area contributed by atoms with E-state index in [2.05, 4.69) is 15.7 Å². The maximum Gasteiger partial charge on any atom is 0.308 e. The van der Waals surface area contributed by atoms with E-state index in [4.69, 9.17) is 32.9 Å². The van der Waals surface area contributed by atoms with Crippen LogP contribution in [-0.4, -0.2) is 44.9 Å². The largest absolute Gasteiger partial charge is 0.481 e. The minimum Gasteiger partial charge on any atom is -0.481 e. The van der Waals surface area contributed by atoms with Crippen LogP contribution in [0.3, 0.4) is 0 Å². The molecule has 2 aromatic heterocycles. The van der Waals surface area contributed by atoms with Crippen LogP contribution in [0, 0.1) is 5.92 Å².